The predicted octanol–water partition coefficient (Wildman–Crippen LogP) is 5.14. The van der Waals surface area contributed by atoms with Crippen LogP contribution in [0.2, 0.25) is 5.02 Å². The summed E-state index contributed by atoms with van der Waals surface area (Å²) in [6.07, 6.45) is 1.86. The Kier molecular flexibility index (Phi) is 6.21. The van der Waals surface area contributed by atoms with Gasteiger partial charge < -0.3 is 5.32 Å². The van der Waals surface area contributed by atoms with Crippen LogP contribution in [0.5, 0.6) is 0 Å². The van der Waals surface area contributed by atoms with E-state index in [1.54, 1.807) is 6.07 Å². The molecule has 4 nitrogen and oxygen atoms in total. The third kappa shape index (κ3) is 4.58. The van der Waals surface area contributed by atoms with Crippen LogP contribution in [0.15, 0.2) is 88.7 Å². The Bertz CT molecular complexity index is 1110. The SMILES string of the molecule is O=C(CN1C(=O)/C(=C/c2ccccc2)Sc2ccccc21)NCc1ccccc1Cl. The number of amides is 2. The molecule has 0 aromatic heterocycles. The van der Waals surface area contributed by atoms with Crippen LogP contribution in [0, 0.1) is 0 Å². The number of benzene rings is 3. The highest BCUT2D eigenvalue weighted by Crippen LogP contribution is 2.41. The van der Waals surface area contributed by atoms with Crippen LogP contribution in [-0.4, -0.2) is 18.4 Å². The number of hydrogen-bond acceptors (Lipinski definition) is 3. The van der Waals surface area contributed by atoms with Crippen LogP contribution in [-0.2, 0) is 16.1 Å². The van der Waals surface area contributed by atoms with Gasteiger partial charge in [0.2, 0.25) is 5.91 Å². The normalized spacial score (nSPS) is 14.5. The van der Waals surface area contributed by atoms with Crippen molar-refractivity contribution in [1.82, 2.24) is 5.32 Å². The van der Waals surface area contributed by atoms with Crippen molar-refractivity contribution < 1.29 is 9.59 Å². The fraction of sp³-hybridized carbons (Fsp3) is 0.0833. The molecule has 0 atom stereocenters. The van der Waals surface area contributed by atoms with E-state index in [4.69, 9.17) is 11.6 Å². The van der Waals surface area contributed by atoms with E-state index in [2.05, 4.69) is 5.32 Å². The molecule has 1 aliphatic heterocycles. The topological polar surface area (TPSA) is 49.4 Å². The number of rotatable bonds is 5. The molecule has 4 rings (SSSR count). The zero-order chi connectivity index (χ0) is 20.9. The van der Waals surface area contributed by atoms with Gasteiger partial charge in [-0.3, -0.25) is 14.5 Å². The molecule has 0 unspecified atom stereocenters. The van der Waals surface area contributed by atoms with Gasteiger partial charge in [0.25, 0.3) is 5.91 Å². The van der Waals surface area contributed by atoms with Crippen molar-refractivity contribution in [2.45, 2.75) is 11.4 Å². The van der Waals surface area contributed by atoms with E-state index in [1.807, 2.05) is 78.9 Å². The minimum Gasteiger partial charge on any atom is -0.350 e. The summed E-state index contributed by atoms with van der Waals surface area (Å²) in [4.78, 5) is 28.9. The average molecular weight is 435 g/mol. The maximum absolute atomic E-state index is 13.2. The molecule has 0 spiro atoms. The predicted molar refractivity (Wildman–Crippen MR) is 122 cm³/mol. The van der Waals surface area contributed by atoms with Gasteiger partial charge in [0.15, 0.2) is 0 Å². The lowest BCUT2D eigenvalue weighted by Crippen LogP contribution is -2.42. The summed E-state index contributed by atoms with van der Waals surface area (Å²) >= 11 is 7.58. The zero-order valence-electron chi connectivity index (χ0n) is 16.0. The summed E-state index contributed by atoms with van der Waals surface area (Å²) in [5.41, 5.74) is 2.51. The Morgan fingerprint density at radius 2 is 1.67 bits per heavy atom. The smallest absolute Gasteiger partial charge is 0.265 e. The molecule has 3 aromatic rings. The molecule has 30 heavy (non-hydrogen) atoms. The number of para-hydroxylation sites is 1. The molecule has 0 aliphatic carbocycles. The van der Waals surface area contributed by atoms with Crippen molar-refractivity contribution in [2.75, 3.05) is 11.4 Å². The van der Waals surface area contributed by atoms with Gasteiger partial charge in [-0.15, -0.1) is 0 Å². The van der Waals surface area contributed by atoms with Crippen molar-refractivity contribution in [3.63, 3.8) is 0 Å². The van der Waals surface area contributed by atoms with Crippen LogP contribution in [0.4, 0.5) is 5.69 Å². The van der Waals surface area contributed by atoms with Gasteiger partial charge in [-0.2, -0.15) is 0 Å². The molecule has 6 heteroatoms. The number of carbonyl (C=O) groups excluding carboxylic acids is 2. The largest absolute Gasteiger partial charge is 0.350 e. The quantitative estimate of drug-likeness (QED) is 0.566. The highest BCUT2D eigenvalue weighted by atomic mass is 35.5. The molecule has 2 amide bonds. The Labute approximate surface area is 184 Å². The average Bonchev–Trinajstić information content (AvgIpc) is 2.77. The van der Waals surface area contributed by atoms with E-state index in [9.17, 15) is 9.59 Å². The second kappa shape index (κ2) is 9.20. The first-order valence-corrected chi connectivity index (χ1v) is 10.7. The van der Waals surface area contributed by atoms with Gasteiger partial charge in [-0.05, 0) is 35.4 Å². The number of thioether (sulfide) groups is 1. The first kappa shape index (κ1) is 20.3. The molecule has 0 bridgehead atoms. The summed E-state index contributed by atoms with van der Waals surface area (Å²) in [6.45, 7) is 0.247. The summed E-state index contributed by atoms with van der Waals surface area (Å²) in [7, 11) is 0. The van der Waals surface area contributed by atoms with E-state index in [-0.39, 0.29) is 18.4 Å². The maximum Gasteiger partial charge on any atom is 0.265 e. The van der Waals surface area contributed by atoms with Crippen molar-refractivity contribution in [3.05, 3.63) is 99.9 Å². The first-order valence-electron chi connectivity index (χ1n) is 9.47. The van der Waals surface area contributed by atoms with Crippen LogP contribution >= 0.6 is 23.4 Å². The van der Waals surface area contributed by atoms with Gasteiger partial charge in [-0.1, -0.05) is 84.0 Å². The van der Waals surface area contributed by atoms with Crippen molar-refractivity contribution >= 4 is 46.9 Å². The number of fused-ring (bicyclic) bond motifs is 1. The van der Waals surface area contributed by atoms with E-state index in [0.717, 1.165) is 21.7 Å². The minimum atomic E-state index is -0.246. The lowest BCUT2D eigenvalue weighted by molar-refractivity contribution is -0.122. The second-order valence-corrected chi connectivity index (χ2v) is 8.24. The Morgan fingerprint density at radius 1 is 0.967 bits per heavy atom. The van der Waals surface area contributed by atoms with Crippen LogP contribution in [0.1, 0.15) is 11.1 Å². The molecule has 0 saturated heterocycles. The Morgan fingerprint density at radius 3 is 2.47 bits per heavy atom. The summed E-state index contributed by atoms with van der Waals surface area (Å²) < 4.78 is 0. The highest BCUT2D eigenvalue weighted by Gasteiger charge is 2.30. The number of anilines is 1. The van der Waals surface area contributed by atoms with Gasteiger partial charge in [0.1, 0.15) is 6.54 Å². The molecular formula is C24H19ClN2O2S. The van der Waals surface area contributed by atoms with E-state index in [1.165, 1.54) is 16.7 Å². The molecule has 3 aromatic carbocycles. The number of nitrogens with one attached hydrogen (secondary N) is 1. The molecular weight excluding hydrogens is 416 g/mol. The zero-order valence-corrected chi connectivity index (χ0v) is 17.6. The fourth-order valence-corrected chi connectivity index (χ4v) is 4.42. The molecule has 0 fully saturated rings. The maximum atomic E-state index is 13.2. The number of carbonyl (C=O) groups is 2. The van der Waals surface area contributed by atoms with E-state index >= 15 is 0 Å². The van der Waals surface area contributed by atoms with Gasteiger partial charge in [-0.25, -0.2) is 0 Å². The van der Waals surface area contributed by atoms with Gasteiger partial charge in [0.05, 0.1) is 10.6 Å². The van der Waals surface area contributed by atoms with Crippen LogP contribution in [0.3, 0.4) is 0 Å². The summed E-state index contributed by atoms with van der Waals surface area (Å²) in [6, 6.07) is 24.7. The number of hydrogen-bond donors (Lipinski definition) is 1. The standard InChI is InChI=1S/C24H19ClN2O2S/c25-19-11-5-4-10-18(19)15-26-23(28)16-27-20-12-6-7-13-21(20)30-22(24(27)29)14-17-8-2-1-3-9-17/h1-14H,15-16H2,(H,26,28)/b22-14-. The van der Waals surface area contributed by atoms with E-state index in [0.29, 0.717) is 16.5 Å². The summed E-state index contributed by atoms with van der Waals surface area (Å²) in [5.74, 6) is -0.431. The summed E-state index contributed by atoms with van der Waals surface area (Å²) in [5, 5.41) is 3.46. The molecule has 0 radical (unpaired) electrons. The van der Waals surface area contributed by atoms with Gasteiger partial charge in [0, 0.05) is 16.5 Å². The lowest BCUT2D eigenvalue weighted by atomic mass is 10.2. The second-order valence-electron chi connectivity index (χ2n) is 6.75. The van der Waals surface area contributed by atoms with Crippen molar-refractivity contribution in [3.8, 4) is 0 Å². The van der Waals surface area contributed by atoms with Crippen LogP contribution < -0.4 is 10.2 Å². The van der Waals surface area contributed by atoms with E-state index < -0.39 is 0 Å². The molecule has 1 heterocycles. The third-order valence-corrected chi connectivity index (χ3v) is 6.11. The van der Waals surface area contributed by atoms with Crippen molar-refractivity contribution in [1.29, 1.82) is 0 Å². The minimum absolute atomic E-state index is 0.0625. The molecule has 0 saturated carbocycles. The fourth-order valence-electron chi connectivity index (χ4n) is 3.15. The van der Waals surface area contributed by atoms with Gasteiger partial charge >= 0.3 is 0 Å². The first-order chi connectivity index (χ1) is 14.6. The Balaban J connectivity index is 1.55. The number of nitrogens with zero attached hydrogens (tertiary/aromatic N) is 1. The monoisotopic (exact) mass is 434 g/mol. The van der Waals surface area contributed by atoms with Crippen molar-refractivity contribution in [2.24, 2.45) is 0 Å². The molecule has 150 valence electrons. The Hall–Kier alpha value is -3.02. The lowest BCUT2D eigenvalue weighted by Gasteiger charge is -2.29. The third-order valence-electron chi connectivity index (χ3n) is 4.66. The molecule has 1 N–H and O–H groups in total. The number of halogens is 1. The highest BCUT2D eigenvalue weighted by molar-refractivity contribution is 8.04. The van der Waals surface area contributed by atoms with Crippen LogP contribution in [0.25, 0.3) is 6.08 Å². The molecule has 1 aliphatic rings.